The Hall–Kier alpha value is -1.20. The van der Waals surface area contributed by atoms with E-state index in [1.165, 1.54) is 0 Å². The van der Waals surface area contributed by atoms with Crippen molar-refractivity contribution in [3.05, 3.63) is 29.3 Å². The first-order valence-electron chi connectivity index (χ1n) is 5.27. The molecule has 5 heteroatoms. The highest BCUT2D eigenvalue weighted by Gasteiger charge is 2.09. The van der Waals surface area contributed by atoms with Crippen molar-refractivity contribution in [3.8, 4) is 5.75 Å². The number of benzene rings is 1. The van der Waals surface area contributed by atoms with Gasteiger partial charge in [0.25, 0.3) is 5.91 Å². The molecule has 0 heterocycles. The summed E-state index contributed by atoms with van der Waals surface area (Å²) in [5.41, 5.74) is 1.49. The zero-order valence-corrected chi connectivity index (χ0v) is 10.9. The SMILES string of the molecule is COCc1ccc(C(=O)NCCS)cc1OC. The lowest BCUT2D eigenvalue weighted by Gasteiger charge is -2.10. The van der Waals surface area contributed by atoms with E-state index in [4.69, 9.17) is 9.47 Å². The van der Waals surface area contributed by atoms with E-state index in [2.05, 4.69) is 17.9 Å². The summed E-state index contributed by atoms with van der Waals surface area (Å²) in [4.78, 5) is 11.7. The van der Waals surface area contributed by atoms with E-state index < -0.39 is 0 Å². The first kappa shape index (κ1) is 13.9. The van der Waals surface area contributed by atoms with Crippen LogP contribution in [0, 0.1) is 0 Å². The molecule has 0 spiro atoms. The van der Waals surface area contributed by atoms with Crippen molar-refractivity contribution < 1.29 is 14.3 Å². The highest BCUT2D eigenvalue weighted by molar-refractivity contribution is 7.80. The number of carbonyl (C=O) groups excluding carboxylic acids is 1. The third kappa shape index (κ3) is 3.94. The number of hydrogen-bond acceptors (Lipinski definition) is 4. The second-order valence-electron chi connectivity index (χ2n) is 3.44. The maximum Gasteiger partial charge on any atom is 0.251 e. The Balaban J connectivity index is 2.84. The highest BCUT2D eigenvalue weighted by Crippen LogP contribution is 2.20. The van der Waals surface area contributed by atoms with Gasteiger partial charge in [-0.1, -0.05) is 6.07 Å². The molecule has 0 atom stereocenters. The van der Waals surface area contributed by atoms with Crippen LogP contribution in [0.1, 0.15) is 15.9 Å². The summed E-state index contributed by atoms with van der Waals surface area (Å²) in [5, 5.41) is 2.75. The number of nitrogens with one attached hydrogen (secondary N) is 1. The number of thiol groups is 1. The van der Waals surface area contributed by atoms with E-state index in [0.29, 0.717) is 30.2 Å². The van der Waals surface area contributed by atoms with Gasteiger partial charge in [-0.3, -0.25) is 4.79 Å². The highest BCUT2D eigenvalue weighted by atomic mass is 32.1. The van der Waals surface area contributed by atoms with E-state index in [0.717, 1.165) is 5.56 Å². The molecule has 1 rings (SSSR count). The number of rotatable bonds is 6. The molecule has 1 N–H and O–H groups in total. The molecule has 0 aliphatic heterocycles. The van der Waals surface area contributed by atoms with Crippen LogP contribution in [0.4, 0.5) is 0 Å². The van der Waals surface area contributed by atoms with Gasteiger partial charge in [-0.2, -0.15) is 12.6 Å². The standard InChI is InChI=1S/C12H17NO3S/c1-15-8-10-4-3-9(7-11(10)16-2)12(14)13-5-6-17/h3-4,7,17H,5-6,8H2,1-2H3,(H,13,14). The molecule has 94 valence electrons. The zero-order chi connectivity index (χ0) is 12.7. The van der Waals surface area contributed by atoms with Gasteiger partial charge in [0, 0.05) is 30.5 Å². The Labute approximate surface area is 107 Å². The summed E-state index contributed by atoms with van der Waals surface area (Å²) in [6.45, 7) is 1.01. The van der Waals surface area contributed by atoms with Crippen LogP contribution in [-0.2, 0) is 11.3 Å². The van der Waals surface area contributed by atoms with E-state index in [9.17, 15) is 4.79 Å². The first-order valence-corrected chi connectivity index (χ1v) is 5.91. The summed E-state index contributed by atoms with van der Waals surface area (Å²) in [6, 6.07) is 5.30. The Bertz CT molecular complexity index is 382. The van der Waals surface area contributed by atoms with Crippen molar-refractivity contribution in [2.45, 2.75) is 6.61 Å². The lowest BCUT2D eigenvalue weighted by atomic mass is 10.1. The minimum Gasteiger partial charge on any atom is -0.496 e. The van der Waals surface area contributed by atoms with Gasteiger partial charge in [-0.25, -0.2) is 0 Å². The molecule has 1 amide bonds. The van der Waals surface area contributed by atoms with E-state index in [-0.39, 0.29) is 5.91 Å². The number of amides is 1. The first-order chi connectivity index (χ1) is 8.22. The minimum absolute atomic E-state index is 0.124. The average molecular weight is 255 g/mol. The van der Waals surface area contributed by atoms with Gasteiger partial charge in [-0.15, -0.1) is 0 Å². The summed E-state index contributed by atoms with van der Waals surface area (Å²) < 4.78 is 10.3. The van der Waals surface area contributed by atoms with Crippen LogP contribution in [0.2, 0.25) is 0 Å². The van der Waals surface area contributed by atoms with Crippen molar-refractivity contribution in [1.82, 2.24) is 5.32 Å². The summed E-state index contributed by atoms with van der Waals surface area (Å²) in [7, 11) is 3.19. The Morgan fingerprint density at radius 1 is 1.41 bits per heavy atom. The average Bonchev–Trinajstić information content (AvgIpc) is 2.36. The quantitative estimate of drug-likeness (QED) is 0.757. The molecule has 0 unspecified atom stereocenters. The van der Waals surface area contributed by atoms with Crippen LogP contribution in [0.3, 0.4) is 0 Å². The molecule has 0 saturated carbocycles. The lowest BCUT2D eigenvalue weighted by molar-refractivity contribution is 0.0955. The van der Waals surface area contributed by atoms with Gasteiger partial charge >= 0.3 is 0 Å². The molecule has 0 aromatic heterocycles. The van der Waals surface area contributed by atoms with Crippen LogP contribution in [-0.4, -0.2) is 32.4 Å². The van der Waals surface area contributed by atoms with Gasteiger partial charge in [0.1, 0.15) is 5.75 Å². The van der Waals surface area contributed by atoms with Gasteiger partial charge < -0.3 is 14.8 Å². The predicted octanol–water partition coefficient (Wildman–Crippen LogP) is 1.50. The van der Waals surface area contributed by atoms with Crippen LogP contribution < -0.4 is 10.1 Å². The largest absolute Gasteiger partial charge is 0.496 e. The molecule has 0 aliphatic rings. The molecule has 0 fully saturated rings. The molecule has 1 aromatic carbocycles. The monoisotopic (exact) mass is 255 g/mol. The number of carbonyl (C=O) groups is 1. The van der Waals surface area contributed by atoms with Crippen LogP contribution >= 0.6 is 12.6 Å². The zero-order valence-electron chi connectivity index (χ0n) is 10.0. The fourth-order valence-corrected chi connectivity index (χ4v) is 1.54. The van der Waals surface area contributed by atoms with Crippen LogP contribution in [0.25, 0.3) is 0 Å². The Kier molecular flexibility index (Phi) is 5.86. The third-order valence-electron chi connectivity index (χ3n) is 2.25. The molecule has 0 saturated heterocycles. The summed E-state index contributed by atoms with van der Waals surface area (Å²) in [5.74, 6) is 1.15. The lowest BCUT2D eigenvalue weighted by Crippen LogP contribution is -2.25. The Morgan fingerprint density at radius 2 is 2.18 bits per heavy atom. The second-order valence-corrected chi connectivity index (χ2v) is 3.89. The normalized spacial score (nSPS) is 10.1. The van der Waals surface area contributed by atoms with E-state index in [1.807, 2.05) is 6.07 Å². The maximum atomic E-state index is 11.7. The van der Waals surface area contributed by atoms with E-state index in [1.54, 1.807) is 26.4 Å². The van der Waals surface area contributed by atoms with Gasteiger partial charge in [0.2, 0.25) is 0 Å². The topological polar surface area (TPSA) is 47.6 Å². The number of hydrogen-bond donors (Lipinski definition) is 2. The third-order valence-corrected chi connectivity index (χ3v) is 2.47. The molecule has 0 radical (unpaired) electrons. The fourth-order valence-electron chi connectivity index (χ4n) is 1.43. The molecular formula is C12H17NO3S. The number of ether oxygens (including phenoxy) is 2. The van der Waals surface area contributed by atoms with Crippen molar-refractivity contribution in [1.29, 1.82) is 0 Å². The molecular weight excluding hydrogens is 238 g/mol. The van der Waals surface area contributed by atoms with Crippen molar-refractivity contribution in [2.75, 3.05) is 26.5 Å². The van der Waals surface area contributed by atoms with Gasteiger partial charge in [0.15, 0.2) is 0 Å². The van der Waals surface area contributed by atoms with Crippen molar-refractivity contribution in [3.63, 3.8) is 0 Å². The molecule has 1 aromatic rings. The smallest absolute Gasteiger partial charge is 0.251 e. The molecule has 4 nitrogen and oxygen atoms in total. The van der Waals surface area contributed by atoms with Crippen LogP contribution in [0.5, 0.6) is 5.75 Å². The van der Waals surface area contributed by atoms with Crippen molar-refractivity contribution in [2.24, 2.45) is 0 Å². The molecule has 0 bridgehead atoms. The van der Waals surface area contributed by atoms with Gasteiger partial charge in [0.05, 0.1) is 13.7 Å². The van der Waals surface area contributed by atoms with E-state index >= 15 is 0 Å². The molecule has 17 heavy (non-hydrogen) atoms. The van der Waals surface area contributed by atoms with Gasteiger partial charge in [-0.05, 0) is 12.1 Å². The summed E-state index contributed by atoms with van der Waals surface area (Å²) in [6.07, 6.45) is 0. The maximum absolute atomic E-state index is 11.7. The van der Waals surface area contributed by atoms with Crippen molar-refractivity contribution >= 4 is 18.5 Å². The van der Waals surface area contributed by atoms with Crippen LogP contribution in [0.15, 0.2) is 18.2 Å². The fraction of sp³-hybridized carbons (Fsp3) is 0.417. The molecule has 0 aliphatic carbocycles. The number of methoxy groups -OCH3 is 2. The predicted molar refractivity (Wildman–Crippen MR) is 69.9 cm³/mol. The minimum atomic E-state index is -0.124. The second kappa shape index (κ2) is 7.19. The summed E-state index contributed by atoms with van der Waals surface area (Å²) >= 11 is 4.03. The Morgan fingerprint density at radius 3 is 2.76 bits per heavy atom.